The molecule has 0 aromatic heterocycles. The zero-order valence-corrected chi connectivity index (χ0v) is 16.4. The van der Waals surface area contributed by atoms with Crippen molar-refractivity contribution in [2.45, 2.75) is 26.3 Å². The zero-order valence-electron chi connectivity index (χ0n) is 16.4. The molecular weight excluding hydrogens is 360 g/mol. The summed E-state index contributed by atoms with van der Waals surface area (Å²) in [7, 11) is 0. The Morgan fingerprint density at radius 2 is 1.82 bits per heavy atom. The quantitative estimate of drug-likeness (QED) is 0.823. The SMILES string of the molecule is Cc1cccc(N2CCN(CCC(C)NC(=O)c3ccc(F)c(F)c3)CC2)c1. The molecule has 4 nitrogen and oxygen atoms in total. The minimum absolute atomic E-state index is 0.0459. The van der Waals surface area contributed by atoms with Crippen molar-refractivity contribution in [2.24, 2.45) is 0 Å². The number of carbonyl (C=O) groups excluding carboxylic acids is 1. The first-order chi connectivity index (χ1) is 13.4. The minimum atomic E-state index is -1.01. The van der Waals surface area contributed by atoms with Gasteiger partial charge in [-0.25, -0.2) is 8.78 Å². The molecule has 1 aliphatic heterocycles. The Balaban J connectivity index is 1.42. The Bertz CT molecular complexity index is 819. The van der Waals surface area contributed by atoms with Crippen molar-refractivity contribution in [3.05, 3.63) is 65.2 Å². The highest BCUT2D eigenvalue weighted by molar-refractivity contribution is 5.94. The largest absolute Gasteiger partial charge is 0.369 e. The number of carbonyl (C=O) groups is 1. The average molecular weight is 387 g/mol. The van der Waals surface area contributed by atoms with Gasteiger partial charge in [-0.1, -0.05) is 12.1 Å². The van der Waals surface area contributed by atoms with Crippen LogP contribution in [0, 0.1) is 18.6 Å². The van der Waals surface area contributed by atoms with E-state index in [1.807, 2.05) is 6.92 Å². The van der Waals surface area contributed by atoms with Gasteiger partial charge in [0.15, 0.2) is 11.6 Å². The van der Waals surface area contributed by atoms with Crippen LogP contribution < -0.4 is 10.2 Å². The number of nitrogens with zero attached hydrogens (tertiary/aromatic N) is 2. The summed E-state index contributed by atoms with van der Waals surface area (Å²) in [5, 5.41) is 2.86. The second-order valence-electron chi connectivity index (χ2n) is 7.46. The molecule has 150 valence electrons. The number of amides is 1. The number of hydrogen-bond acceptors (Lipinski definition) is 3. The summed E-state index contributed by atoms with van der Waals surface area (Å²) >= 11 is 0. The number of piperazine rings is 1. The number of aryl methyl sites for hydroxylation is 1. The zero-order chi connectivity index (χ0) is 20.1. The first-order valence-corrected chi connectivity index (χ1v) is 9.72. The van der Waals surface area contributed by atoms with Crippen molar-refractivity contribution in [3.8, 4) is 0 Å². The van der Waals surface area contributed by atoms with Crippen LogP contribution in [-0.2, 0) is 0 Å². The maximum atomic E-state index is 13.3. The first kappa shape index (κ1) is 20.3. The highest BCUT2D eigenvalue weighted by Crippen LogP contribution is 2.18. The Morgan fingerprint density at radius 1 is 1.07 bits per heavy atom. The first-order valence-electron chi connectivity index (χ1n) is 9.72. The van der Waals surface area contributed by atoms with Crippen LogP contribution in [0.1, 0.15) is 29.3 Å². The predicted octanol–water partition coefficient (Wildman–Crippen LogP) is 3.60. The summed E-state index contributed by atoms with van der Waals surface area (Å²) in [6, 6.07) is 11.7. The van der Waals surface area contributed by atoms with Gasteiger partial charge in [0.05, 0.1) is 0 Å². The Labute approximate surface area is 165 Å². The van der Waals surface area contributed by atoms with Gasteiger partial charge >= 0.3 is 0 Å². The lowest BCUT2D eigenvalue weighted by atomic mass is 10.1. The van der Waals surface area contributed by atoms with Gasteiger partial charge in [0.1, 0.15) is 0 Å². The smallest absolute Gasteiger partial charge is 0.251 e. The van der Waals surface area contributed by atoms with Gasteiger partial charge in [-0.2, -0.15) is 0 Å². The highest BCUT2D eigenvalue weighted by atomic mass is 19.2. The van der Waals surface area contributed by atoms with Gasteiger partial charge in [-0.05, 0) is 56.2 Å². The molecule has 1 unspecified atom stereocenters. The second kappa shape index (κ2) is 9.15. The lowest BCUT2D eigenvalue weighted by Crippen LogP contribution is -2.47. The molecule has 0 aliphatic carbocycles. The van der Waals surface area contributed by atoms with E-state index in [-0.39, 0.29) is 17.5 Å². The van der Waals surface area contributed by atoms with Crippen LogP contribution in [-0.4, -0.2) is 49.6 Å². The highest BCUT2D eigenvalue weighted by Gasteiger charge is 2.18. The number of rotatable bonds is 6. The molecule has 1 fully saturated rings. The molecule has 1 amide bonds. The van der Waals surface area contributed by atoms with E-state index in [0.717, 1.165) is 51.3 Å². The second-order valence-corrected chi connectivity index (χ2v) is 7.46. The van der Waals surface area contributed by atoms with Crippen molar-refractivity contribution in [1.82, 2.24) is 10.2 Å². The molecule has 0 saturated carbocycles. The molecule has 1 heterocycles. The molecule has 28 heavy (non-hydrogen) atoms. The van der Waals surface area contributed by atoms with Gasteiger partial charge in [0.25, 0.3) is 5.91 Å². The van der Waals surface area contributed by atoms with Gasteiger partial charge in [0, 0.05) is 50.0 Å². The molecule has 0 bridgehead atoms. The third-order valence-corrected chi connectivity index (χ3v) is 5.18. The van der Waals surface area contributed by atoms with Gasteiger partial charge in [0.2, 0.25) is 0 Å². The monoisotopic (exact) mass is 387 g/mol. The van der Waals surface area contributed by atoms with Crippen molar-refractivity contribution in [2.75, 3.05) is 37.6 Å². The summed E-state index contributed by atoms with van der Waals surface area (Å²) in [5.74, 6) is -2.34. The van der Waals surface area contributed by atoms with E-state index in [0.29, 0.717) is 0 Å². The molecular formula is C22H27F2N3O. The van der Waals surface area contributed by atoms with Crippen LogP contribution >= 0.6 is 0 Å². The third-order valence-electron chi connectivity index (χ3n) is 5.18. The van der Waals surface area contributed by atoms with Crippen LogP contribution in [0.15, 0.2) is 42.5 Å². The van der Waals surface area contributed by atoms with E-state index in [1.165, 1.54) is 17.3 Å². The fourth-order valence-electron chi connectivity index (χ4n) is 3.45. The summed E-state index contributed by atoms with van der Waals surface area (Å²) in [6.07, 6.45) is 0.805. The molecule has 1 saturated heterocycles. The standard InChI is InChI=1S/C22H27F2N3O/c1-16-4-3-5-19(14-16)27-12-10-26(11-13-27)9-8-17(2)25-22(28)18-6-7-20(23)21(24)15-18/h3-7,14-15,17H,8-13H2,1-2H3,(H,25,28). The van der Waals surface area contributed by atoms with Crippen molar-refractivity contribution >= 4 is 11.6 Å². The Morgan fingerprint density at radius 3 is 2.50 bits per heavy atom. The molecule has 0 spiro atoms. The number of hydrogen-bond donors (Lipinski definition) is 1. The molecule has 1 N–H and O–H groups in total. The lowest BCUT2D eigenvalue weighted by Gasteiger charge is -2.36. The average Bonchev–Trinajstić information content (AvgIpc) is 2.69. The fourth-order valence-corrected chi connectivity index (χ4v) is 3.45. The Hall–Kier alpha value is -2.47. The van der Waals surface area contributed by atoms with E-state index in [2.05, 4.69) is 46.3 Å². The van der Waals surface area contributed by atoms with E-state index in [1.54, 1.807) is 0 Å². The molecule has 0 radical (unpaired) electrons. The van der Waals surface area contributed by atoms with Crippen LogP contribution in [0.5, 0.6) is 0 Å². The third kappa shape index (κ3) is 5.29. The molecule has 1 atom stereocenters. The molecule has 1 aliphatic rings. The van der Waals surface area contributed by atoms with E-state index >= 15 is 0 Å². The number of anilines is 1. The van der Waals surface area contributed by atoms with Gasteiger partial charge in [-0.3, -0.25) is 9.69 Å². The summed E-state index contributed by atoms with van der Waals surface area (Å²) in [6.45, 7) is 8.87. The van der Waals surface area contributed by atoms with Crippen LogP contribution in [0.3, 0.4) is 0 Å². The van der Waals surface area contributed by atoms with Crippen LogP contribution in [0.4, 0.5) is 14.5 Å². The van der Waals surface area contributed by atoms with Crippen molar-refractivity contribution in [1.29, 1.82) is 0 Å². The molecule has 3 rings (SSSR count). The van der Waals surface area contributed by atoms with Gasteiger partial charge < -0.3 is 10.2 Å². The normalized spacial score (nSPS) is 16.1. The predicted molar refractivity (Wildman–Crippen MR) is 108 cm³/mol. The molecule has 6 heteroatoms. The molecule has 2 aromatic rings. The van der Waals surface area contributed by atoms with E-state index in [4.69, 9.17) is 0 Å². The summed E-state index contributed by atoms with van der Waals surface area (Å²) in [4.78, 5) is 17.0. The Kier molecular flexibility index (Phi) is 6.62. The van der Waals surface area contributed by atoms with Crippen LogP contribution in [0.25, 0.3) is 0 Å². The topological polar surface area (TPSA) is 35.6 Å². The van der Waals surface area contributed by atoms with Crippen LogP contribution in [0.2, 0.25) is 0 Å². The van der Waals surface area contributed by atoms with Crippen molar-refractivity contribution in [3.63, 3.8) is 0 Å². The van der Waals surface area contributed by atoms with Crippen molar-refractivity contribution < 1.29 is 13.6 Å². The summed E-state index contributed by atoms with van der Waals surface area (Å²) in [5.41, 5.74) is 2.68. The van der Waals surface area contributed by atoms with Gasteiger partial charge in [-0.15, -0.1) is 0 Å². The minimum Gasteiger partial charge on any atom is -0.369 e. The maximum Gasteiger partial charge on any atom is 0.251 e. The maximum absolute atomic E-state index is 13.3. The number of benzene rings is 2. The summed E-state index contributed by atoms with van der Waals surface area (Å²) < 4.78 is 26.3. The fraction of sp³-hybridized carbons (Fsp3) is 0.409. The number of halogens is 2. The number of nitrogens with one attached hydrogen (secondary N) is 1. The van der Waals surface area contributed by atoms with E-state index in [9.17, 15) is 13.6 Å². The lowest BCUT2D eigenvalue weighted by molar-refractivity contribution is 0.0934. The van der Waals surface area contributed by atoms with E-state index < -0.39 is 11.6 Å². The molecule has 2 aromatic carbocycles.